The molecule has 9 nitrogen and oxygen atoms in total. The molecule has 0 atom stereocenters. The van der Waals surface area contributed by atoms with Crippen molar-refractivity contribution in [2.45, 2.75) is 5.16 Å². The van der Waals surface area contributed by atoms with Crippen molar-refractivity contribution in [1.29, 1.82) is 0 Å². The zero-order valence-corrected chi connectivity index (χ0v) is 19.9. The smallest absolute Gasteiger partial charge is 0.250 e. The number of nitrogens with one attached hydrogen (secondary N) is 1. The van der Waals surface area contributed by atoms with Crippen LogP contribution in [0.5, 0.6) is 11.5 Å². The maximum absolute atomic E-state index is 12.3. The lowest BCUT2D eigenvalue weighted by molar-refractivity contribution is -0.118. The number of allylic oxidation sites excluding steroid dienone is 1. The molecule has 2 aromatic carbocycles. The van der Waals surface area contributed by atoms with Crippen LogP contribution < -0.4 is 14.9 Å². The van der Waals surface area contributed by atoms with Gasteiger partial charge in [0, 0.05) is 17.5 Å². The van der Waals surface area contributed by atoms with Gasteiger partial charge in [-0.25, -0.2) is 5.43 Å². The summed E-state index contributed by atoms with van der Waals surface area (Å²) >= 11 is 1.26. The molecule has 0 saturated carbocycles. The third-order valence-electron chi connectivity index (χ3n) is 4.78. The van der Waals surface area contributed by atoms with Gasteiger partial charge in [0.15, 0.2) is 22.5 Å². The van der Waals surface area contributed by atoms with Crippen LogP contribution in [0.2, 0.25) is 0 Å². The number of rotatable bonds is 10. The lowest BCUT2D eigenvalue weighted by Crippen LogP contribution is -2.19. The number of hydrogen-bond donors (Lipinski definition) is 1. The number of aromatic nitrogens is 3. The summed E-state index contributed by atoms with van der Waals surface area (Å²) < 4.78 is 17.9. The number of hydrogen-bond acceptors (Lipinski definition) is 8. The Morgan fingerprint density at radius 3 is 2.66 bits per heavy atom. The molecule has 1 amide bonds. The van der Waals surface area contributed by atoms with Crippen LogP contribution in [0.4, 0.5) is 0 Å². The number of benzene rings is 2. The number of para-hydroxylation sites is 1. The Balaban J connectivity index is 1.50. The van der Waals surface area contributed by atoms with E-state index in [0.717, 1.165) is 11.3 Å². The number of methoxy groups -OCH3 is 2. The van der Waals surface area contributed by atoms with Crippen LogP contribution in [0.15, 0.2) is 87.7 Å². The van der Waals surface area contributed by atoms with Gasteiger partial charge in [0.05, 0.1) is 26.2 Å². The summed E-state index contributed by atoms with van der Waals surface area (Å²) in [7, 11) is 3.17. The van der Waals surface area contributed by atoms with Crippen LogP contribution in [0.25, 0.3) is 23.2 Å². The van der Waals surface area contributed by atoms with Crippen molar-refractivity contribution in [2.75, 3.05) is 20.0 Å². The highest BCUT2D eigenvalue weighted by molar-refractivity contribution is 7.99. The van der Waals surface area contributed by atoms with E-state index in [4.69, 9.17) is 13.9 Å². The van der Waals surface area contributed by atoms with Crippen molar-refractivity contribution in [2.24, 2.45) is 5.10 Å². The number of furan rings is 1. The molecule has 0 unspecified atom stereocenters. The first-order chi connectivity index (χ1) is 17.2. The Kier molecular flexibility index (Phi) is 7.97. The van der Waals surface area contributed by atoms with E-state index in [1.165, 1.54) is 18.0 Å². The third-order valence-corrected chi connectivity index (χ3v) is 5.70. The fourth-order valence-corrected chi connectivity index (χ4v) is 3.92. The summed E-state index contributed by atoms with van der Waals surface area (Å²) in [6.45, 7) is 0. The zero-order valence-electron chi connectivity index (χ0n) is 19.1. The summed E-state index contributed by atoms with van der Waals surface area (Å²) in [4.78, 5) is 12.3. The molecule has 35 heavy (non-hydrogen) atoms. The highest BCUT2D eigenvalue weighted by atomic mass is 32.2. The fraction of sp³-hybridized carbons (Fsp3) is 0.120. The van der Waals surface area contributed by atoms with Crippen molar-refractivity contribution in [3.05, 3.63) is 78.8 Å². The minimum absolute atomic E-state index is 0.107. The molecule has 0 spiro atoms. The summed E-state index contributed by atoms with van der Waals surface area (Å²) in [5.41, 5.74) is 4.16. The molecule has 4 rings (SSSR count). The number of ether oxygens (including phenoxy) is 2. The topological polar surface area (TPSA) is 104 Å². The molecule has 10 heteroatoms. The summed E-state index contributed by atoms with van der Waals surface area (Å²) in [5.74, 6) is 2.35. The minimum Gasteiger partial charge on any atom is -0.493 e. The normalized spacial score (nSPS) is 11.3. The highest BCUT2D eigenvalue weighted by Gasteiger charge is 2.18. The van der Waals surface area contributed by atoms with E-state index in [1.54, 1.807) is 38.7 Å². The number of nitrogens with zero attached hydrogens (tertiary/aromatic N) is 4. The van der Waals surface area contributed by atoms with Gasteiger partial charge in [0.2, 0.25) is 0 Å². The third kappa shape index (κ3) is 5.98. The lowest BCUT2D eigenvalue weighted by atomic mass is 10.2. The SMILES string of the molecule is COc1ccc(-c2nnc(SCC(=O)N/N=C\C=C/c3ccco3)n2-c2ccccc2)cc1OC. The Bertz CT molecular complexity index is 1320. The molecule has 0 bridgehead atoms. The van der Waals surface area contributed by atoms with Gasteiger partial charge < -0.3 is 13.9 Å². The molecule has 0 fully saturated rings. The molecule has 0 saturated heterocycles. The zero-order chi connectivity index (χ0) is 24.5. The van der Waals surface area contributed by atoms with Crippen molar-refractivity contribution >= 4 is 30.0 Å². The van der Waals surface area contributed by atoms with E-state index >= 15 is 0 Å². The van der Waals surface area contributed by atoms with Crippen LogP contribution in [-0.4, -0.2) is 46.9 Å². The van der Waals surface area contributed by atoms with Gasteiger partial charge in [-0.15, -0.1) is 10.2 Å². The minimum atomic E-state index is -0.270. The van der Waals surface area contributed by atoms with Gasteiger partial charge in [-0.2, -0.15) is 5.10 Å². The average molecular weight is 490 g/mol. The second-order valence-electron chi connectivity index (χ2n) is 7.02. The van der Waals surface area contributed by atoms with Crippen molar-refractivity contribution < 1.29 is 18.7 Å². The molecule has 0 aliphatic carbocycles. The van der Waals surface area contributed by atoms with E-state index in [-0.39, 0.29) is 11.7 Å². The van der Waals surface area contributed by atoms with E-state index < -0.39 is 0 Å². The first-order valence-electron chi connectivity index (χ1n) is 10.6. The predicted octanol–water partition coefficient (Wildman–Crippen LogP) is 4.45. The van der Waals surface area contributed by atoms with Crippen LogP contribution >= 0.6 is 11.8 Å². The number of carbonyl (C=O) groups is 1. The van der Waals surface area contributed by atoms with Gasteiger partial charge in [-0.3, -0.25) is 9.36 Å². The highest BCUT2D eigenvalue weighted by Crippen LogP contribution is 2.34. The lowest BCUT2D eigenvalue weighted by Gasteiger charge is -2.12. The van der Waals surface area contributed by atoms with Crippen LogP contribution in [-0.2, 0) is 4.79 Å². The maximum atomic E-state index is 12.3. The van der Waals surface area contributed by atoms with Crippen LogP contribution in [0.3, 0.4) is 0 Å². The number of thioether (sulfide) groups is 1. The van der Waals surface area contributed by atoms with Gasteiger partial charge in [0.25, 0.3) is 5.91 Å². The van der Waals surface area contributed by atoms with Crippen molar-refractivity contribution in [3.8, 4) is 28.6 Å². The molecule has 0 aliphatic heterocycles. The molecular weight excluding hydrogens is 466 g/mol. The Labute approximate surface area is 206 Å². The standard InChI is InChI=1S/C25H23N5O4S/c1-32-21-13-12-18(16-22(21)33-2)24-28-29-25(30(24)19-8-4-3-5-9-19)35-17-23(31)27-26-14-6-10-20-11-7-15-34-20/h3-16H,17H2,1-2H3,(H,27,31)/b10-6-,26-14-. The molecule has 4 aromatic rings. The quantitative estimate of drug-likeness (QED) is 0.199. The number of amides is 1. The van der Waals surface area contributed by atoms with Crippen molar-refractivity contribution in [3.63, 3.8) is 0 Å². The van der Waals surface area contributed by atoms with E-state index in [9.17, 15) is 4.79 Å². The van der Waals surface area contributed by atoms with E-state index in [2.05, 4.69) is 20.7 Å². The molecule has 178 valence electrons. The van der Waals surface area contributed by atoms with E-state index in [1.807, 2.05) is 59.2 Å². The van der Waals surface area contributed by atoms with Gasteiger partial charge >= 0.3 is 0 Å². The molecule has 0 aliphatic rings. The Morgan fingerprint density at radius 1 is 1.09 bits per heavy atom. The van der Waals surface area contributed by atoms with Gasteiger partial charge in [-0.05, 0) is 54.6 Å². The fourth-order valence-electron chi connectivity index (χ4n) is 3.17. The van der Waals surface area contributed by atoms with Gasteiger partial charge in [0.1, 0.15) is 5.76 Å². The average Bonchev–Trinajstić information content (AvgIpc) is 3.57. The second kappa shape index (κ2) is 11.7. The second-order valence-corrected chi connectivity index (χ2v) is 7.97. The first-order valence-corrected chi connectivity index (χ1v) is 11.6. The van der Waals surface area contributed by atoms with Crippen molar-refractivity contribution in [1.82, 2.24) is 20.2 Å². The number of carbonyl (C=O) groups excluding carboxylic acids is 1. The first kappa shape index (κ1) is 23.8. The molecular formula is C25H23N5O4S. The largest absolute Gasteiger partial charge is 0.493 e. The summed E-state index contributed by atoms with van der Waals surface area (Å²) in [5, 5.41) is 13.2. The molecule has 2 heterocycles. The van der Waals surface area contributed by atoms with E-state index in [0.29, 0.717) is 28.2 Å². The van der Waals surface area contributed by atoms with Gasteiger partial charge in [-0.1, -0.05) is 30.0 Å². The summed E-state index contributed by atoms with van der Waals surface area (Å²) in [6, 6.07) is 18.9. The molecule has 1 N–H and O–H groups in total. The Morgan fingerprint density at radius 2 is 1.91 bits per heavy atom. The van der Waals surface area contributed by atoms with Crippen LogP contribution in [0, 0.1) is 0 Å². The molecule has 2 aromatic heterocycles. The monoisotopic (exact) mass is 489 g/mol. The maximum Gasteiger partial charge on any atom is 0.250 e. The Hall–Kier alpha value is -4.31. The predicted molar refractivity (Wildman–Crippen MR) is 135 cm³/mol. The van der Waals surface area contributed by atoms with Crippen LogP contribution in [0.1, 0.15) is 5.76 Å². The number of hydrazone groups is 1. The molecule has 0 radical (unpaired) electrons. The summed E-state index contributed by atoms with van der Waals surface area (Å²) in [6.07, 6.45) is 6.48.